The lowest BCUT2D eigenvalue weighted by atomic mass is 10.1. The number of carbonyl (C=O) groups is 1. The van der Waals surface area contributed by atoms with E-state index in [9.17, 15) is 4.79 Å². The van der Waals surface area contributed by atoms with Gasteiger partial charge in [-0.1, -0.05) is 38.1 Å². The molecule has 30 heavy (non-hydrogen) atoms. The summed E-state index contributed by atoms with van der Waals surface area (Å²) in [5, 5.41) is 10.2. The second-order valence-electron chi connectivity index (χ2n) is 7.12. The van der Waals surface area contributed by atoms with E-state index < -0.39 is 0 Å². The van der Waals surface area contributed by atoms with Gasteiger partial charge in [0.1, 0.15) is 5.82 Å². The third-order valence-corrected chi connectivity index (χ3v) is 4.45. The van der Waals surface area contributed by atoms with Gasteiger partial charge < -0.3 is 14.8 Å². The Balaban J connectivity index is 1.54. The van der Waals surface area contributed by atoms with E-state index in [1.807, 2.05) is 69.3 Å². The fraction of sp³-hybridized carbons (Fsp3) is 0.348. The van der Waals surface area contributed by atoms with Gasteiger partial charge in [-0.05, 0) is 37.6 Å². The maximum Gasteiger partial charge on any atom is 0.224 e. The molecule has 2 aromatic carbocycles. The topological polar surface area (TPSA) is 89.1 Å². The first-order chi connectivity index (χ1) is 14.6. The predicted molar refractivity (Wildman–Crippen MR) is 117 cm³/mol. The molecule has 0 atom stereocenters. The summed E-state index contributed by atoms with van der Waals surface area (Å²) in [4.78, 5) is 17.0. The predicted octanol–water partition coefficient (Wildman–Crippen LogP) is 4.79. The average Bonchev–Trinajstić information content (AvgIpc) is 3.23. The Morgan fingerprint density at radius 2 is 1.77 bits per heavy atom. The van der Waals surface area contributed by atoms with E-state index in [4.69, 9.17) is 9.47 Å². The molecule has 0 saturated carbocycles. The number of carbonyl (C=O) groups excluding carboxylic acids is 1. The van der Waals surface area contributed by atoms with Crippen molar-refractivity contribution >= 4 is 11.6 Å². The van der Waals surface area contributed by atoms with Gasteiger partial charge in [0.25, 0.3) is 0 Å². The van der Waals surface area contributed by atoms with E-state index >= 15 is 0 Å². The van der Waals surface area contributed by atoms with Crippen LogP contribution in [-0.4, -0.2) is 34.3 Å². The highest BCUT2D eigenvalue weighted by atomic mass is 16.5. The Kier molecular flexibility index (Phi) is 7.43. The molecule has 0 aliphatic heterocycles. The molecule has 158 valence electrons. The van der Waals surface area contributed by atoms with Gasteiger partial charge >= 0.3 is 0 Å². The van der Waals surface area contributed by atoms with E-state index in [0.29, 0.717) is 49.1 Å². The molecule has 0 radical (unpaired) electrons. The lowest BCUT2D eigenvalue weighted by Gasteiger charge is -2.12. The number of nitrogens with zero attached hydrogens (tertiary/aromatic N) is 2. The molecule has 7 nitrogen and oxygen atoms in total. The number of nitrogens with one attached hydrogen (secondary N) is 2. The Morgan fingerprint density at radius 1 is 1.07 bits per heavy atom. The van der Waals surface area contributed by atoms with Gasteiger partial charge in [0.2, 0.25) is 5.91 Å². The lowest BCUT2D eigenvalue weighted by Crippen LogP contribution is -2.13. The van der Waals surface area contributed by atoms with Gasteiger partial charge in [-0.2, -0.15) is 5.10 Å². The van der Waals surface area contributed by atoms with Crippen molar-refractivity contribution < 1.29 is 14.3 Å². The van der Waals surface area contributed by atoms with Crippen LogP contribution < -0.4 is 14.8 Å². The van der Waals surface area contributed by atoms with E-state index in [0.717, 1.165) is 11.4 Å². The van der Waals surface area contributed by atoms with Crippen molar-refractivity contribution in [1.29, 1.82) is 0 Å². The monoisotopic (exact) mass is 408 g/mol. The summed E-state index contributed by atoms with van der Waals surface area (Å²) < 4.78 is 11.3. The van der Waals surface area contributed by atoms with Crippen LogP contribution in [0.3, 0.4) is 0 Å². The molecule has 0 saturated heterocycles. The van der Waals surface area contributed by atoms with E-state index in [-0.39, 0.29) is 11.8 Å². The van der Waals surface area contributed by atoms with Gasteiger partial charge in [0.15, 0.2) is 17.3 Å². The highest BCUT2D eigenvalue weighted by molar-refractivity contribution is 5.94. The maximum absolute atomic E-state index is 12.5. The number of rotatable bonds is 10. The lowest BCUT2D eigenvalue weighted by molar-refractivity contribution is -0.116. The first kappa shape index (κ1) is 21.4. The largest absolute Gasteiger partial charge is 0.490 e. The Bertz CT molecular complexity index is 968. The van der Waals surface area contributed by atoms with Gasteiger partial charge in [-0.3, -0.25) is 9.89 Å². The molecule has 0 aliphatic rings. The molecule has 3 rings (SSSR count). The van der Waals surface area contributed by atoms with Crippen molar-refractivity contribution in [2.75, 3.05) is 18.5 Å². The maximum atomic E-state index is 12.5. The molecule has 0 aliphatic carbocycles. The number of anilines is 1. The molecule has 1 heterocycles. The fourth-order valence-electron chi connectivity index (χ4n) is 2.91. The molecule has 0 unspecified atom stereocenters. The number of amides is 1. The number of H-pyrrole nitrogens is 1. The Morgan fingerprint density at radius 3 is 2.47 bits per heavy atom. The summed E-state index contributed by atoms with van der Waals surface area (Å²) >= 11 is 0. The number of aromatic nitrogens is 3. The first-order valence-electron chi connectivity index (χ1n) is 10.2. The van der Waals surface area contributed by atoms with Gasteiger partial charge in [-0.15, -0.1) is 0 Å². The molecular formula is C23H28N4O3. The summed E-state index contributed by atoms with van der Waals surface area (Å²) in [6.45, 7) is 7.03. The standard InChI is InChI=1S/C23H28N4O3/c1-4-29-19-12-7-8-13-20(19)30-15-9-14-21(28)24-18-11-6-5-10-17(18)23-25-22(16(2)3)26-27-23/h5-8,10-13,16H,4,9,14-15H2,1-3H3,(H,24,28)(H,25,26,27). The number of benzene rings is 2. The van der Waals surface area contributed by atoms with Crippen LogP contribution in [0.25, 0.3) is 11.4 Å². The van der Waals surface area contributed by atoms with Gasteiger partial charge in [0.05, 0.1) is 18.9 Å². The zero-order valence-corrected chi connectivity index (χ0v) is 17.6. The van der Waals surface area contributed by atoms with Crippen LogP contribution in [0.1, 0.15) is 45.4 Å². The van der Waals surface area contributed by atoms with Crippen LogP contribution in [-0.2, 0) is 4.79 Å². The second kappa shape index (κ2) is 10.4. The minimum Gasteiger partial charge on any atom is -0.490 e. The normalized spacial score (nSPS) is 10.8. The molecular weight excluding hydrogens is 380 g/mol. The average molecular weight is 409 g/mol. The van der Waals surface area contributed by atoms with Crippen molar-refractivity contribution in [3.05, 3.63) is 54.4 Å². The number of ether oxygens (including phenoxy) is 2. The zero-order valence-electron chi connectivity index (χ0n) is 17.6. The molecule has 7 heteroatoms. The number of aromatic amines is 1. The third kappa shape index (κ3) is 5.59. The van der Waals surface area contributed by atoms with E-state index in [1.165, 1.54) is 0 Å². The summed E-state index contributed by atoms with van der Waals surface area (Å²) in [5.41, 5.74) is 1.48. The van der Waals surface area contributed by atoms with Crippen LogP contribution in [0.15, 0.2) is 48.5 Å². The van der Waals surface area contributed by atoms with E-state index in [2.05, 4.69) is 20.5 Å². The number of para-hydroxylation sites is 3. The van der Waals surface area contributed by atoms with Crippen molar-refractivity contribution in [3.8, 4) is 22.9 Å². The molecule has 0 spiro atoms. The van der Waals surface area contributed by atoms with Crippen molar-refractivity contribution in [2.45, 2.75) is 39.5 Å². The van der Waals surface area contributed by atoms with Crippen LogP contribution in [0, 0.1) is 0 Å². The first-order valence-corrected chi connectivity index (χ1v) is 10.2. The molecule has 0 fully saturated rings. The molecule has 1 amide bonds. The molecule has 0 bridgehead atoms. The van der Waals surface area contributed by atoms with E-state index in [1.54, 1.807) is 0 Å². The number of hydrogen-bond acceptors (Lipinski definition) is 5. The van der Waals surface area contributed by atoms with Crippen LogP contribution in [0.2, 0.25) is 0 Å². The summed E-state index contributed by atoms with van der Waals surface area (Å²) in [6.07, 6.45) is 0.934. The zero-order chi connectivity index (χ0) is 21.3. The molecule has 2 N–H and O–H groups in total. The summed E-state index contributed by atoms with van der Waals surface area (Å²) in [7, 11) is 0. The van der Waals surface area contributed by atoms with Gasteiger partial charge in [0, 0.05) is 17.9 Å². The minimum absolute atomic E-state index is 0.0798. The fourth-order valence-corrected chi connectivity index (χ4v) is 2.91. The van der Waals surface area contributed by atoms with Gasteiger partial charge in [-0.25, -0.2) is 4.98 Å². The summed E-state index contributed by atoms with van der Waals surface area (Å²) in [6, 6.07) is 15.1. The second-order valence-corrected chi connectivity index (χ2v) is 7.12. The van der Waals surface area contributed by atoms with Crippen molar-refractivity contribution in [1.82, 2.24) is 15.2 Å². The third-order valence-electron chi connectivity index (χ3n) is 4.45. The van der Waals surface area contributed by atoms with Crippen molar-refractivity contribution in [2.24, 2.45) is 0 Å². The summed E-state index contributed by atoms with van der Waals surface area (Å²) in [5.74, 6) is 2.96. The van der Waals surface area contributed by atoms with Crippen LogP contribution in [0.4, 0.5) is 5.69 Å². The molecule has 3 aromatic rings. The van der Waals surface area contributed by atoms with Crippen LogP contribution in [0.5, 0.6) is 11.5 Å². The Hall–Kier alpha value is -3.35. The van der Waals surface area contributed by atoms with Crippen LogP contribution >= 0.6 is 0 Å². The SMILES string of the molecule is CCOc1ccccc1OCCCC(=O)Nc1ccccc1-c1n[nH]c(C(C)C)n1. The smallest absolute Gasteiger partial charge is 0.224 e. The highest BCUT2D eigenvalue weighted by Crippen LogP contribution is 2.27. The highest BCUT2D eigenvalue weighted by Gasteiger charge is 2.14. The molecule has 1 aromatic heterocycles. The minimum atomic E-state index is -0.0798. The number of hydrogen-bond donors (Lipinski definition) is 2. The quantitative estimate of drug-likeness (QED) is 0.471. The Labute approximate surface area is 176 Å². The van der Waals surface area contributed by atoms with Crippen molar-refractivity contribution in [3.63, 3.8) is 0 Å².